The Kier molecular flexibility index (Phi) is 4.02. The van der Waals surface area contributed by atoms with Crippen molar-refractivity contribution >= 4 is 5.69 Å². The van der Waals surface area contributed by atoms with Crippen LogP contribution in [0.3, 0.4) is 0 Å². The first kappa shape index (κ1) is 11.4. The molecule has 0 aliphatic heterocycles. The molecule has 0 aliphatic carbocycles. The van der Waals surface area contributed by atoms with E-state index in [1.807, 2.05) is 0 Å². The third-order valence-corrected chi connectivity index (χ3v) is 1.96. The van der Waals surface area contributed by atoms with Gasteiger partial charge in [0.25, 0.3) is 0 Å². The topological polar surface area (TPSA) is 78.6 Å². The number of rotatable bonds is 5. The van der Waals surface area contributed by atoms with Crippen LogP contribution in [0.25, 0.3) is 0 Å². The summed E-state index contributed by atoms with van der Waals surface area (Å²) >= 11 is 0. The number of benzene rings is 1. The van der Waals surface area contributed by atoms with Crippen LogP contribution in [-0.2, 0) is 6.42 Å². The fourth-order valence-corrected chi connectivity index (χ4v) is 1.24. The van der Waals surface area contributed by atoms with Crippen LogP contribution in [0.15, 0.2) is 24.3 Å². The molecule has 6 nitrogen and oxygen atoms in total. The molecule has 2 N–H and O–H groups in total. The smallest absolute Gasteiger partial charge is 0.181 e. The van der Waals surface area contributed by atoms with Crippen molar-refractivity contribution in [3.63, 3.8) is 0 Å². The molecule has 0 saturated heterocycles. The van der Waals surface area contributed by atoms with E-state index in [9.17, 15) is 10.1 Å². The fraction of sp³-hybridized carbons (Fsp3) is 0.333. The Morgan fingerprint density at radius 3 is 2.47 bits per heavy atom. The number of hydrogen-bond acceptors (Lipinski definition) is 4. The van der Waals surface area contributed by atoms with Crippen LogP contribution in [-0.4, -0.2) is 23.8 Å². The van der Waals surface area contributed by atoms with Gasteiger partial charge in [0.2, 0.25) is 0 Å². The third-order valence-electron chi connectivity index (χ3n) is 1.96. The highest BCUT2D eigenvalue weighted by Crippen LogP contribution is 2.13. The molecular formula is C9H13N3O3. The van der Waals surface area contributed by atoms with Gasteiger partial charge in [-0.15, -0.1) is 0 Å². The minimum Gasteiger partial charge on any atom is -0.396 e. The van der Waals surface area contributed by atoms with Gasteiger partial charge >= 0.3 is 0 Å². The summed E-state index contributed by atoms with van der Waals surface area (Å²) in [5.74, 6) is 0. The van der Waals surface area contributed by atoms with E-state index in [1.165, 1.54) is 7.05 Å². The first-order valence-corrected chi connectivity index (χ1v) is 4.50. The maximum Gasteiger partial charge on any atom is 0.181 e. The average Bonchev–Trinajstić information content (AvgIpc) is 2.21. The number of nitrogens with zero attached hydrogens (tertiary/aromatic N) is 2. The van der Waals surface area contributed by atoms with Gasteiger partial charge in [0.1, 0.15) is 5.69 Å². The van der Waals surface area contributed by atoms with Crippen LogP contribution < -0.4 is 10.5 Å². The molecule has 0 heterocycles. The predicted molar refractivity (Wildman–Crippen MR) is 55.8 cm³/mol. The van der Waals surface area contributed by atoms with Crippen molar-refractivity contribution in [2.45, 2.75) is 6.42 Å². The Labute approximate surface area is 87.2 Å². The zero-order valence-electron chi connectivity index (χ0n) is 8.38. The van der Waals surface area contributed by atoms with Gasteiger partial charge in [0.05, 0.1) is 0 Å². The zero-order chi connectivity index (χ0) is 11.3. The summed E-state index contributed by atoms with van der Waals surface area (Å²) in [7, 11) is 1.48. The molecule has 0 radical (unpaired) electrons. The summed E-state index contributed by atoms with van der Waals surface area (Å²) in [6.45, 7) is 0.0737. The van der Waals surface area contributed by atoms with Gasteiger partial charge in [-0.2, -0.15) is 5.43 Å². The molecule has 0 saturated carbocycles. The highest BCUT2D eigenvalue weighted by Gasteiger charge is 2.13. The van der Waals surface area contributed by atoms with Crippen LogP contribution in [0.4, 0.5) is 5.69 Å². The van der Waals surface area contributed by atoms with Crippen molar-refractivity contribution in [2.24, 2.45) is 0 Å². The minimum absolute atomic E-state index is 0.0737. The summed E-state index contributed by atoms with van der Waals surface area (Å²) in [5.41, 5.74) is 3.85. The van der Waals surface area contributed by atoms with Crippen molar-refractivity contribution < 1.29 is 10.1 Å². The zero-order valence-corrected chi connectivity index (χ0v) is 8.38. The molecule has 1 aromatic carbocycles. The number of aliphatic hydroxyl groups is 1. The van der Waals surface area contributed by atoms with Crippen LogP contribution in [0.2, 0.25) is 0 Å². The van der Waals surface area contributed by atoms with E-state index < -0.39 is 5.03 Å². The maximum absolute atomic E-state index is 10.6. The molecule has 0 aliphatic rings. The lowest BCUT2D eigenvalue weighted by Gasteiger charge is -2.11. The predicted octanol–water partition coefficient (Wildman–Crippen LogP) is 0.354. The lowest BCUT2D eigenvalue weighted by Crippen LogP contribution is -2.40. The number of hydrazine groups is 2. The van der Waals surface area contributed by atoms with Crippen molar-refractivity contribution in [3.05, 3.63) is 39.9 Å². The van der Waals surface area contributed by atoms with Crippen molar-refractivity contribution in [1.82, 2.24) is 5.43 Å². The number of aliphatic hydroxyl groups excluding tert-OH is 1. The molecule has 0 atom stereocenters. The summed E-state index contributed by atoms with van der Waals surface area (Å²) in [5, 5.41) is 19.6. The third kappa shape index (κ3) is 2.90. The SMILES string of the molecule is CNN(c1ccc(CCO)cc1)[N+](=O)[O-]. The molecule has 0 fully saturated rings. The van der Waals surface area contributed by atoms with Gasteiger partial charge < -0.3 is 5.11 Å². The van der Waals surface area contributed by atoms with Crippen molar-refractivity contribution in [2.75, 3.05) is 18.8 Å². The van der Waals surface area contributed by atoms with Gasteiger partial charge in [-0.1, -0.05) is 12.1 Å². The standard InChI is InChI=1S/C9H13N3O3/c1-10-11(12(14)15)9-4-2-8(3-5-9)6-7-13/h2-5,10,13H,6-7H2,1H3. The molecule has 0 amide bonds. The summed E-state index contributed by atoms with van der Waals surface area (Å²) in [4.78, 5) is 10.6. The molecule has 0 bridgehead atoms. The van der Waals surface area contributed by atoms with Gasteiger partial charge in [-0.3, -0.25) is 0 Å². The molecule has 1 rings (SSSR count). The summed E-state index contributed by atoms with van der Waals surface area (Å²) < 4.78 is 0. The first-order chi connectivity index (χ1) is 7.19. The van der Waals surface area contributed by atoms with E-state index in [-0.39, 0.29) is 6.61 Å². The van der Waals surface area contributed by atoms with Gasteiger partial charge in [0.15, 0.2) is 5.03 Å². The monoisotopic (exact) mass is 211 g/mol. The minimum atomic E-state index is -0.541. The molecule has 15 heavy (non-hydrogen) atoms. The van der Waals surface area contributed by atoms with Crippen LogP contribution >= 0.6 is 0 Å². The van der Waals surface area contributed by atoms with Gasteiger partial charge in [0, 0.05) is 13.7 Å². The molecular weight excluding hydrogens is 198 g/mol. The molecule has 82 valence electrons. The molecule has 1 aromatic rings. The van der Waals surface area contributed by atoms with Crippen LogP contribution in [0.1, 0.15) is 5.56 Å². The van der Waals surface area contributed by atoms with Gasteiger partial charge in [-0.05, 0) is 29.2 Å². The van der Waals surface area contributed by atoms with E-state index in [2.05, 4.69) is 5.43 Å². The van der Waals surface area contributed by atoms with Gasteiger partial charge in [-0.25, -0.2) is 10.1 Å². The Morgan fingerprint density at radius 2 is 2.07 bits per heavy atom. The second-order valence-electron chi connectivity index (χ2n) is 2.91. The number of nitrogens with one attached hydrogen (secondary N) is 1. The van der Waals surface area contributed by atoms with Crippen molar-refractivity contribution in [3.8, 4) is 0 Å². The number of hydrogen-bond donors (Lipinski definition) is 2. The fourth-order valence-electron chi connectivity index (χ4n) is 1.24. The van der Waals surface area contributed by atoms with E-state index in [4.69, 9.17) is 5.11 Å². The maximum atomic E-state index is 10.6. The molecule has 0 aromatic heterocycles. The Hall–Kier alpha value is -1.66. The highest BCUT2D eigenvalue weighted by molar-refractivity contribution is 5.44. The molecule has 6 heteroatoms. The van der Waals surface area contributed by atoms with Crippen LogP contribution in [0, 0.1) is 10.1 Å². The summed E-state index contributed by atoms with van der Waals surface area (Å²) in [6.07, 6.45) is 0.554. The van der Waals surface area contributed by atoms with E-state index >= 15 is 0 Å². The summed E-state index contributed by atoms with van der Waals surface area (Å²) in [6, 6.07) is 6.76. The lowest BCUT2D eigenvalue weighted by molar-refractivity contribution is -0.502. The van der Waals surface area contributed by atoms with E-state index in [0.29, 0.717) is 12.1 Å². The molecule has 0 unspecified atom stereocenters. The average molecular weight is 211 g/mol. The second kappa shape index (κ2) is 5.28. The largest absolute Gasteiger partial charge is 0.396 e. The quantitative estimate of drug-likeness (QED) is 0.543. The molecule has 0 spiro atoms. The Balaban J connectivity index is 2.82. The highest BCUT2D eigenvalue weighted by atomic mass is 16.7. The van der Waals surface area contributed by atoms with E-state index in [1.54, 1.807) is 24.3 Å². The Bertz CT molecular complexity index is 326. The van der Waals surface area contributed by atoms with E-state index in [0.717, 1.165) is 10.7 Å². The van der Waals surface area contributed by atoms with Crippen LogP contribution in [0.5, 0.6) is 0 Å². The number of anilines is 1. The normalized spacial score (nSPS) is 10.0. The second-order valence-corrected chi connectivity index (χ2v) is 2.91. The Morgan fingerprint density at radius 1 is 1.47 bits per heavy atom. The number of nitro groups is 1. The lowest BCUT2D eigenvalue weighted by atomic mass is 10.1. The van der Waals surface area contributed by atoms with Crippen molar-refractivity contribution in [1.29, 1.82) is 0 Å². The first-order valence-electron chi connectivity index (χ1n) is 4.50.